The van der Waals surface area contributed by atoms with Gasteiger partial charge in [0.25, 0.3) is 0 Å². The number of rotatable bonds is 14. The highest BCUT2D eigenvalue weighted by molar-refractivity contribution is 4.76. The molecular formula is C18H36F2O2. The molecule has 0 radical (unpaired) electrons. The Balaban J connectivity index is 4.40. The summed E-state index contributed by atoms with van der Waals surface area (Å²) in [6.45, 7) is 6.35. The zero-order valence-electron chi connectivity index (χ0n) is 15.2. The first-order chi connectivity index (χ1) is 10.4. The third-order valence-electron chi connectivity index (χ3n) is 4.14. The molecule has 0 bridgehead atoms. The molecule has 0 fully saturated rings. The van der Waals surface area contributed by atoms with Crippen molar-refractivity contribution in [3.05, 3.63) is 0 Å². The molecule has 0 saturated heterocycles. The predicted octanol–water partition coefficient (Wildman–Crippen LogP) is 5.70. The van der Waals surface area contributed by atoms with E-state index >= 15 is 0 Å². The van der Waals surface area contributed by atoms with Gasteiger partial charge in [0.2, 0.25) is 5.92 Å². The van der Waals surface area contributed by atoms with Crippen molar-refractivity contribution in [2.75, 3.05) is 20.8 Å². The average molecular weight is 322 g/mol. The number of halogens is 2. The molecule has 134 valence electrons. The fourth-order valence-corrected chi connectivity index (χ4v) is 3.00. The summed E-state index contributed by atoms with van der Waals surface area (Å²) in [5, 5.41) is 0. The average Bonchev–Trinajstić information content (AvgIpc) is 2.43. The van der Waals surface area contributed by atoms with Crippen LogP contribution in [0, 0.1) is 11.8 Å². The molecule has 2 nitrogen and oxygen atoms in total. The normalized spacial score (nSPS) is 15.3. The summed E-state index contributed by atoms with van der Waals surface area (Å²) in [6, 6.07) is 0. The Morgan fingerprint density at radius 1 is 1.00 bits per heavy atom. The van der Waals surface area contributed by atoms with Crippen molar-refractivity contribution in [2.45, 2.75) is 84.2 Å². The van der Waals surface area contributed by atoms with E-state index in [0.29, 0.717) is 13.0 Å². The molecule has 0 aromatic carbocycles. The Hall–Kier alpha value is -0.220. The van der Waals surface area contributed by atoms with Crippen LogP contribution >= 0.6 is 0 Å². The van der Waals surface area contributed by atoms with Crippen LogP contribution in [0.15, 0.2) is 0 Å². The van der Waals surface area contributed by atoms with Gasteiger partial charge in [0, 0.05) is 33.0 Å². The highest BCUT2D eigenvalue weighted by atomic mass is 19.3. The molecule has 0 saturated carbocycles. The van der Waals surface area contributed by atoms with Crippen molar-refractivity contribution in [2.24, 2.45) is 11.8 Å². The van der Waals surface area contributed by atoms with Crippen molar-refractivity contribution in [3.8, 4) is 0 Å². The molecule has 0 spiro atoms. The topological polar surface area (TPSA) is 18.5 Å². The van der Waals surface area contributed by atoms with Crippen molar-refractivity contribution in [3.63, 3.8) is 0 Å². The predicted molar refractivity (Wildman–Crippen MR) is 88.6 cm³/mol. The maximum atomic E-state index is 13.9. The summed E-state index contributed by atoms with van der Waals surface area (Å²) in [5.74, 6) is -2.52. The van der Waals surface area contributed by atoms with Crippen LogP contribution in [-0.4, -0.2) is 32.9 Å². The van der Waals surface area contributed by atoms with Crippen LogP contribution in [0.1, 0.15) is 72.1 Å². The lowest BCUT2D eigenvalue weighted by atomic mass is 9.90. The Morgan fingerprint density at radius 2 is 1.68 bits per heavy atom. The summed E-state index contributed by atoms with van der Waals surface area (Å²) >= 11 is 0. The maximum Gasteiger partial charge on any atom is 0.248 e. The van der Waals surface area contributed by atoms with E-state index in [1.54, 1.807) is 14.2 Å². The zero-order valence-corrected chi connectivity index (χ0v) is 15.2. The second kappa shape index (κ2) is 12.2. The molecular weight excluding hydrogens is 286 g/mol. The molecule has 0 aliphatic heterocycles. The number of ether oxygens (including phenoxy) is 2. The van der Waals surface area contributed by atoms with Gasteiger partial charge in [-0.25, -0.2) is 8.78 Å². The summed E-state index contributed by atoms with van der Waals surface area (Å²) in [5.41, 5.74) is 0. The first kappa shape index (κ1) is 21.8. The van der Waals surface area contributed by atoms with E-state index in [1.807, 2.05) is 13.8 Å². The Kier molecular flexibility index (Phi) is 12.1. The highest BCUT2D eigenvalue weighted by Crippen LogP contribution is 2.31. The van der Waals surface area contributed by atoms with Crippen LogP contribution in [-0.2, 0) is 9.47 Å². The fourth-order valence-electron chi connectivity index (χ4n) is 3.00. The first-order valence-electron chi connectivity index (χ1n) is 8.75. The number of hydrogen-bond donors (Lipinski definition) is 0. The first-order valence-corrected chi connectivity index (χ1v) is 8.75. The molecule has 0 rings (SSSR count). The van der Waals surface area contributed by atoms with E-state index in [0.717, 1.165) is 12.8 Å². The number of hydrogen-bond acceptors (Lipinski definition) is 2. The van der Waals surface area contributed by atoms with Gasteiger partial charge >= 0.3 is 0 Å². The lowest BCUT2D eigenvalue weighted by Gasteiger charge is -2.28. The van der Waals surface area contributed by atoms with Crippen LogP contribution in [0.3, 0.4) is 0 Å². The van der Waals surface area contributed by atoms with Gasteiger partial charge in [0.1, 0.15) is 0 Å². The van der Waals surface area contributed by atoms with E-state index < -0.39 is 5.92 Å². The summed E-state index contributed by atoms with van der Waals surface area (Å²) in [7, 11) is 3.31. The smallest absolute Gasteiger partial charge is 0.248 e. The molecule has 2 unspecified atom stereocenters. The van der Waals surface area contributed by atoms with Gasteiger partial charge < -0.3 is 9.47 Å². The van der Waals surface area contributed by atoms with E-state index in [1.165, 1.54) is 19.3 Å². The van der Waals surface area contributed by atoms with Crippen LogP contribution in [0.25, 0.3) is 0 Å². The fraction of sp³-hybridized carbons (Fsp3) is 1.00. The molecule has 0 N–H and O–H groups in total. The summed E-state index contributed by atoms with van der Waals surface area (Å²) in [6.07, 6.45) is 5.98. The number of alkyl halides is 2. The zero-order chi connectivity index (χ0) is 17.0. The van der Waals surface area contributed by atoms with Crippen LogP contribution < -0.4 is 0 Å². The minimum Gasteiger partial charge on any atom is -0.384 e. The van der Waals surface area contributed by atoms with E-state index in [-0.39, 0.29) is 30.8 Å². The van der Waals surface area contributed by atoms with Gasteiger partial charge in [0.15, 0.2) is 0 Å². The largest absolute Gasteiger partial charge is 0.384 e. The van der Waals surface area contributed by atoms with Crippen LogP contribution in [0.5, 0.6) is 0 Å². The van der Waals surface area contributed by atoms with Crippen molar-refractivity contribution in [1.82, 2.24) is 0 Å². The highest BCUT2D eigenvalue weighted by Gasteiger charge is 2.32. The van der Waals surface area contributed by atoms with E-state index in [4.69, 9.17) is 9.47 Å². The molecule has 22 heavy (non-hydrogen) atoms. The van der Waals surface area contributed by atoms with Gasteiger partial charge in [-0.05, 0) is 18.8 Å². The molecule has 0 amide bonds. The Labute approximate surface area is 136 Å². The van der Waals surface area contributed by atoms with Crippen molar-refractivity contribution < 1.29 is 18.3 Å². The summed E-state index contributed by atoms with van der Waals surface area (Å²) in [4.78, 5) is 0. The number of methoxy groups -OCH3 is 2. The van der Waals surface area contributed by atoms with E-state index in [2.05, 4.69) is 6.92 Å². The van der Waals surface area contributed by atoms with Crippen molar-refractivity contribution in [1.29, 1.82) is 0 Å². The van der Waals surface area contributed by atoms with Gasteiger partial charge in [0.05, 0.1) is 12.7 Å². The van der Waals surface area contributed by atoms with Gasteiger partial charge in [-0.2, -0.15) is 0 Å². The molecule has 0 aliphatic carbocycles. The SMILES string of the molecule is CCCCCCC(OC)C(CCC(F)(F)CC(C)C)COC. The second-order valence-electron chi connectivity index (χ2n) is 6.83. The minimum atomic E-state index is -2.58. The van der Waals surface area contributed by atoms with Crippen LogP contribution in [0.4, 0.5) is 8.78 Å². The quantitative estimate of drug-likeness (QED) is 0.382. The Bertz CT molecular complexity index is 257. The molecule has 2 atom stereocenters. The third kappa shape index (κ3) is 10.5. The standard InChI is InChI=1S/C18H36F2O2/c1-6-7-8-9-10-17(22-5)16(14-21-4)11-12-18(19,20)13-15(2)3/h15-17H,6-14H2,1-5H3. The lowest BCUT2D eigenvalue weighted by molar-refractivity contribution is -0.0495. The van der Waals surface area contributed by atoms with Crippen molar-refractivity contribution >= 4 is 0 Å². The van der Waals surface area contributed by atoms with Gasteiger partial charge in [-0.3, -0.25) is 0 Å². The number of unbranched alkanes of at least 4 members (excludes halogenated alkanes) is 3. The maximum absolute atomic E-state index is 13.9. The monoisotopic (exact) mass is 322 g/mol. The molecule has 0 aliphatic rings. The minimum absolute atomic E-state index is 0.0168. The Morgan fingerprint density at radius 3 is 2.18 bits per heavy atom. The summed E-state index contributed by atoms with van der Waals surface area (Å²) < 4.78 is 38.6. The van der Waals surface area contributed by atoms with Gasteiger partial charge in [-0.1, -0.05) is 46.5 Å². The third-order valence-corrected chi connectivity index (χ3v) is 4.14. The molecule has 0 aromatic heterocycles. The van der Waals surface area contributed by atoms with Gasteiger partial charge in [-0.15, -0.1) is 0 Å². The lowest BCUT2D eigenvalue weighted by Crippen LogP contribution is -2.29. The molecule has 0 aromatic rings. The van der Waals surface area contributed by atoms with Crippen LogP contribution in [0.2, 0.25) is 0 Å². The molecule has 4 heteroatoms. The molecule has 0 heterocycles. The second-order valence-corrected chi connectivity index (χ2v) is 6.83. The van der Waals surface area contributed by atoms with E-state index in [9.17, 15) is 8.78 Å².